The predicted octanol–water partition coefficient (Wildman–Crippen LogP) is 7.11. The molecule has 0 saturated heterocycles. The molecule has 4 heteroatoms. The summed E-state index contributed by atoms with van der Waals surface area (Å²) in [4.78, 5) is 23.0. The molecule has 1 N–H and O–H groups in total. The van der Waals surface area contributed by atoms with Crippen LogP contribution in [0, 0.1) is 13.8 Å². The van der Waals surface area contributed by atoms with Gasteiger partial charge in [0.1, 0.15) is 0 Å². The highest BCUT2D eigenvalue weighted by molar-refractivity contribution is 5.98. The average molecular weight is 472 g/mol. The van der Waals surface area contributed by atoms with Crippen LogP contribution in [-0.2, 0) is 0 Å². The fourth-order valence-electron chi connectivity index (χ4n) is 4.43. The molecule has 1 heterocycles. The Morgan fingerprint density at radius 2 is 1.33 bits per heavy atom. The summed E-state index contributed by atoms with van der Waals surface area (Å²) in [5.74, 6) is 0.113. The van der Waals surface area contributed by atoms with Crippen molar-refractivity contribution in [3.63, 3.8) is 0 Å². The molecule has 1 atom stereocenters. The second kappa shape index (κ2) is 10.1. The Labute approximate surface area is 212 Å². The minimum absolute atomic E-state index is 0.110. The summed E-state index contributed by atoms with van der Waals surface area (Å²) in [6, 6.07) is 32.4. The lowest BCUT2D eigenvalue weighted by Crippen LogP contribution is -2.27. The standard InChI is InChI=1S/C32H29N3O/c1-21-9-7-13-25(17-21)30-31(26-14-8-10-22(2)18-26)35-29-19-27(15-16-28(29)34-30)32(36)33-20-23(3)24-11-5-4-6-12-24/h4-19,23H,20H2,1-3H3,(H,33,36)/t23-/m0/s1. The summed E-state index contributed by atoms with van der Waals surface area (Å²) in [5, 5.41) is 3.07. The lowest BCUT2D eigenvalue weighted by atomic mass is 10.0. The fourth-order valence-corrected chi connectivity index (χ4v) is 4.43. The Morgan fingerprint density at radius 1 is 0.722 bits per heavy atom. The lowest BCUT2D eigenvalue weighted by Gasteiger charge is -2.14. The first-order chi connectivity index (χ1) is 17.5. The molecule has 1 amide bonds. The van der Waals surface area contributed by atoms with Crippen molar-refractivity contribution in [2.75, 3.05) is 6.54 Å². The molecule has 0 aliphatic carbocycles. The van der Waals surface area contributed by atoms with E-state index in [1.807, 2.05) is 48.5 Å². The van der Waals surface area contributed by atoms with E-state index in [1.165, 1.54) is 11.1 Å². The van der Waals surface area contributed by atoms with Crippen molar-refractivity contribution in [3.05, 3.63) is 119 Å². The molecular weight excluding hydrogens is 442 g/mol. The number of fused-ring (bicyclic) bond motifs is 1. The van der Waals surface area contributed by atoms with Crippen LogP contribution in [0.3, 0.4) is 0 Å². The number of nitrogens with one attached hydrogen (secondary N) is 1. The first-order valence-corrected chi connectivity index (χ1v) is 12.3. The van der Waals surface area contributed by atoms with Crippen LogP contribution < -0.4 is 5.32 Å². The van der Waals surface area contributed by atoms with Crippen LogP contribution in [0.25, 0.3) is 33.5 Å². The third kappa shape index (κ3) is 5.03. The monoisotopic (exact) mass is 471 g/mol. The number of carbonyl (C=O) groups excluding carboxylic acids is 1. The van der Waals surface area contributed by atoms with Gasteiger partial charge in [0.25, 0.3) is 5.91 Å². The van der Waals surface area contributed by atoms with Gasteiger partial charge in [-0.25, -0.2) is 9.97 Å². The highest BCUT2D eigenvalue weighted by Gasteiger charge is 2.16. The van der Waals surface area contributed by atoms with E-state index in [-0.39, 0.29) is 11.8 Å². The Bertz CT molecular complexity index is 1540. The van der Waals surface area contributed by atoms with E-state index >= 15 is 0 Å². The molecule has 0 radical (unpaired) electrons. The van der Waals surface area contributed by atoms with E-state index in [0.717, 1.165) is 33.6 Å². The van der Waals surface area contributed by atoms with E-state index < -0.39 is 0 Å². The van der Waals surface area contributed by atoms with E-state index in [1.54, 1.807) is 0 Å². The van der Waals surface area contributed by atoms with Gasteiger partial charge in [-0.1, -0.05) is 84.8 Å². The smallest absolute Gasteiger partial charge is 0.251 e. The fraction of sp³-hybridized carbons (Fsp3) is 0.156. The zero-order valence-electron chi connectivity index (χ0n) is 20.8. The topological polar surface area (TPSA) is 54.9 Å². The van der Waals surface area contributed by atoms with Gasteiger partial charge in [0.2, 0.25) is 0 Å². The maximum Gasteiger partial charge on any atom is 0.251 e. The van der Waals surface area contributed by atoms with Crippen molar-refractivity contribution in [1.82, 2.24) is 15.3 Å². The van der Waals surface area contributed by atoms with Crippen LogP contribution in [0.15, 0.2) is 97.1 Å². The molecule has 36 heavy (non-hydrogen) atoms. The SMILES string of the molecule is Cc1cccc(-c2nc3ccc(C(=O)NC[C@H](C)c4ccccc4)cc3nc2-c2cccc(C)c2)c1. The van der Waals surface area contributed by atoms with Crippen LogP contribution in [0.4, 0.5) is 0 Å². The summed E-state index contributed by atoms with van der Waals surface area (Å²) in [6.07, 6.45) is 0. The van der Waals surface area contributed by atoms with Crippen molar-refractivity contribution in [3.8, 4) is 22.5 Å². The molecule has 0 bridgehead atoms. The number of nitrogens with zero attached hydrogens (tertiary/aromatic N) is 2. The molecule has 0 aliphatic heterocycles. The molecule has 0 fully saturated rings. The zero-order chi connectivity index (χ0) is 25.1. The van der Waals surface area contributed by atoms with Crippen LogP contribution in [-0.4, -0.2) is 22.4 Å². The summed E-state index contributed by atoms with van der Waals surface area (Å²) in [5.41, 5.74) is 9.25. The van der Waals surface area contributed by atoms with E-state index in [4.69, 9.17) is 9.97 Å². The van der Waals surface area contributed by atoms with Gasteiger partial charge in [-0.2, -0.15) is 0 Å². The molecule has 4 aromatic carbocycles. The van der Waals surface area contributed by atoms with Gasteiger partial charge in [-0.05, 0) is 55.7 Å². The second-order valence-electron chi connectivity index (χ2n) is 9.39. The summed E-state index contributed by atoms with van der Waals surface area (Å²) >= 11 is 0. The lowest BCUT2D eigenvalue weighted by molar-refractivity contribution is 0.0951. The van der Waals surface area contributed by atoms with E-state index in [9.17, 15) is 4.79 Å². The molecule has 5 rings (SSSR count). The van der Waals surface area contributed by atoms with Crippen LogP contribution in [0.1, 0.15) is 39.9 Å². The Kier molecular flexibility index (Phi) is 6.59. The number of carbonyl (C=O) groups is 1. The van der Waals surface area contributed by atoms with Gasteiger partial charge in [-0.3, -0.25) is 4.79 Å². The number of benzene rings is 4. The Morgan fingerprint density at radius 3 is 1.94 bits per heavy atom. The summed E-state index contributed by atoms with van der Waals surface area (Å²) < 4.78 is 0. The summed E-state index contributed by atoms with van der Waals surface area (Å²) in [7, 11) is 0. The van der Waals surface area contributed by atoms with Crippen molar-refractivity contribution in [2.45, 2.75) is 26.7 Å². The van der Waals surface area contributed by atoms with Crippen LogP contribution in [0.5, 0.6) is 0 Å². The van der Waals surface area contributed by atoms with E-state index in [0.29, 0.717) is 17.6 Å². The quantitative estimate of drug-likeness (QED) is 0.287. The molecule has 4 nitrogen and oxygen atoms in total. The number of hydrogen-bond donors (Lipinski definition) is 1. The number of aryl methyl sites for hydroxylation is 2. The van der Waals surface area contributed by atoms with Crippen LogP contribution >= 0.6 is 0 Å². The van der Waals surface area contributed by atoms with Crippen LogP contribution in [0.2, 0.25) is 0 Å². The molecule has 0 saturated carbocycles. The third-order valence-corrected chi connectivity index (χ3v) is 6.45. The van der Waals surface area contributed by atoms with Gasteiger partial charge in [-0.15, -0.1) is 0 Å². The molecule has 0 spiro atoms. The highest BCUT2D eigenvalue weighted by Crippen LogP contribution is 2.32. The van der Waals surface area contributed by atoms with Crippen molar-refractivity contribution < 1.29 is 4.79 Å². The number of amides is 1. The number of aromatic nitrogens is 2. The molecule has 5 aromatic rings. The third-order valence-electron chi connectivity index (χ3n) is 6.45. The van der Waals surface area contributed by atoms with Gasteiger partial charge in [0.05, 0.1) is 22.4 Å². The number of rotatable bonds is 6. The molecule has 1 aromatic heterocycles. The second-order valence-corrected chi connectivity index (χ2v) is 9.39. The minimum atomic E-state index is -0.110. The van der Waals surface area contributed by atoms with Gasteiger partial charge in [0.15, 0.2) is 0 Å². The first kappa shape index (κ1) is 23.4. The Balaban J connectivity index is 1.51. The van der Waals surface area contributed by atoms with Crippen molar-refractivity contribution in [2.24, 2.45) is 0 Å². The van der Waals surface area contributed by atoms with Gasteiger partial charge < -0.3 is 5.32 Å². The van der Waals surface area contributed by atoms with Crippen molar-refractivity contribution in [1.29, 1.82) is 0 Å². The van der Waals surface area contributed by atoms with Crippen molar-refractivity contribution >= 4 is 16.9 Å². The summed E-state index contributed by atoms with van der Waals surface area (Å²) in [6.45, 7) is 6.83. The largest absolute Gasteiger partial charge is 0.351 e. The molecule has 0 aliphatic rings. The zero-order valence-corrected chi connectivity index (χ0v) is 20.8. The average Bonchev–Trinajstić information content (AvgIpc) is 2.91. The van der Waals surface area contributed by atoms with E-state index in [2.05, 4.69) is 74.6 Å². The molecule has 0 unspecified atom stereocenters. The predicted molar refractivity (Wildman–Crippen MR) is 147 cm³/mol. The Hall–Kier alpha value is -4.31. The first-order valence-electron chi connectivity index (χ1n) is 12.3. The maximum absolute atomic E-state index is 13.0. The number of hydrogen-bond acceptors (Lipinski definition) is 3. The maximum atomic E-state index is 13.0. The van der Waals surface area contributed by atoms with Gasteiger partial charge >= 0.3 is 0 Å². The van der Waals surface area contributed by atoms with Gasteiger partial charge in [0, 0.05) is 23.2 Å². The normalized spacial score (nSPS) is 11.9. The molecule has 178 valence electrons. The molecular formula is C32H29N3O. The minimum Gasteiger partial charge on any atom is -0.351 e. The highest BCUT2D eigenvalue weighted by atomic mass is 16.1.